The van der Waals surface area contributed by atoms with E-state index < -0.39 is 5.79 Å². The summed E-state index contributed by atoms with van der Waals surface area (Å²) in [5, 5.41) is 13.6. The van der Waals surface area contributed by atoms with Crippen molar-refractivity contribution in [3.8, 4) is 22.6 Å². The van der Waals surface area contributed by atoms with Gasteiger partial charge in [0.1, 0.15) is 18.1 Å². The number of nitrogens with one attached hydrogen (secondary N) is 4. The van der Waals surface area contributed by atoms with Crippen LogP contribution in [0.5, 0.6) is 11.5 Å². The van der Waals surface area contributed by atoms with Gasteiger partial charge in [-0.1, -0.05) is 36.4 Å². The zero-order chi connectivity index (χ0) is 22.6. The van der Waals surface area contributed by atoms with Crippen LogP contribution in [0.1, 0.15) is 11.1 Å². The molecule has 166 valence electrons. The molecule has 3 aromatic rings. The molecule has 1 aliphatic rings. The molecule has 0 saturated heterocycles. The molecule has 3 aromatic carbocycles. The molecule has 32 heavy (non-hydrogen) atoms. The van der Waals surface area contributed by atoms with E-state index >= 15 is 0 Å². The fourth-order valence-corrected chi connectivity index (χ4v) is 4.07. The lowest BCUT2D eigenvalue weighted by Crippen LogP contribution is -2.60. The number of ether oxygens (including phenoxy) is 2. The summed E-state index contributed by atoms with van der Waals surface area (Å²) in [5.74, 6) is 1.10. The molecule has 6 nitrogen and oxygen atoms in total. The summed E-state index contributed by atoms with van der Waals surface area (Å²) in [6.45, 7) is 0.423. The van der Waals surface area contributed by atoms with Crippen molar-refractivity contribution in [1.29, 1.82) is 0 Å². The van der Waals surface area contributed by atoms with E-state index in [0.29, 0.717) is 6.61 Å². The standard InChI is InChI=1S/C26H30N4O2/c1-27-24-16-26(28-2,29-3)30-23-14-13-21(18-9-8-12-20(15-18)31-4)22(25(23)24)17-32-19-10-6-5-7-11-19/h5-16,27-30H,17H2,1-4H3. The Labute approximate surface area is 189 Å². The first-order valence-corrected chi connectivity index (χ1v) is 10.7. The van der Waals surface area contributed by atoms with E-state index in [9.17, 15) is 0 Å². The van der Waals surface area contributed by atoms with Gasteiger partial charge in [-0.15, -0.1) is 0 Å². The Morgan fingerprint density at radius 3 is 2.31 bits per heavy atom. The van der Waals surface area contributed by atoms with Crippen molar-refractivity contribution >= 4 is 11.4 Å². The Morgan fingerprint density at radius 2 is 1.62 bits per heavy atom. The molecule has 0 bridgehead atoms. The summed E-state index contributed by atoms with van der Waals surface area (Å²) >= 11 is 0. The average molecular weight is 431 g/mol. The van der Waals surface area contributed by atoms with Gasteiger partial charge in [0.05, 0.1) is 7.11 Å². The predicted molar refractivity (Wildman–Crippen MR) is 131 cm³/mol. The molecule has 0 fully saturated rings. The van der Waals surface area contributed by atoms with Gasteiger partial charge < -0.3 is 20.1 Å². The van der Waals surface area contributed by atoms with Crippen molar-refractivity contribution < 1.29 is 9.47 Å². The lowest BCUT2D eigenvalue weighted by Gasteiger charge is -2.38. The summed E-state index contributed by atoms with van der Waals surface area (Å²) in [6, 6.07) is 22.3. The molecule has 0 radical (unpaired) electrons. The van der Waals surface area contributed by atoms with Crippen LogP contribution in [0.3, 0.4) is 0 Å². The predicted octanol–water partition coefficient (Wildman–Crippen LogP) is 4.02. The molecule has 4 rings (SSSR count). The van der Waals surface area contributed by atoms with Gasteiger partial charge in [0.2, 0.25) is 0 Å². The fourth-order valence-electron chi connectivity index (χ4n) is 4.07. The van der Waals surface area contributed by atoms with Crippen molar-refractivity contribution in [2.75, 3.05) is 33.6 Å². The molecule has 1 heterocycles. The van der Waals surface area contributed by atoms with Crippen LogP contribution < -0.4 is 30.7 Å². The highest BCUT2D eigenvalue weighted by atomic mass is 16.5. The van der Waals surface area contributed by atoms with E-state index in [1.165, 1.54) is 0 Å². The van der Waals surface area contributed by atoms with Crippen LogP contribution in [0.2, 0.25) is 0 Å². The third-order valence-electron chi connectivity index (χ3n) is 5.84. The quantitative estimate of drug-likeness (QED) is 0.405. The second-order valence-electron chi connectivity index (χ2n) is 7.59. The second-order valence-corrected chi connectivity index (χ2v) is 7.59. The van der Waals surface area contributed by atoms with Gasteiger partial charge in [-0.05, 0) is 61.6 Å². The van der Waals surface area contributed by atoms with Crippen LogP contribution in [0, 0.1) is 0 Å². The van der Waals surface area contributed by atoms with Crippen LogP contribution in [0.15, 0.2) is 72.8 Å². The molecule has 4 N–H and O–H groups in total. The third kappa shape index (κ3) is 4.15. The van der Waals surface area contributed by atoms with Crippen molar-refractivity contribution in [2.45, 2.75) is 12.4 Å². The van der Waals surface area contributed by atoms with Crippen molar-refractivity contribution in [3.05, 3.63) is 83.9 Å². The Morgan fingerprint density at radius 1 is 0.875 bits per heavy atom. The zero-order valence-electron chi connectivity index (χ0n) is 19.0. The minimum absolute atomic E-state index is 0.423. The van der Waals surface area contributed by atoms with Crippen molar-refractivity contribution in [3.63, 3.8) is 0 Å². The number of fused-ring (bicyclic) bond motifs is 1. The molecular weight excluding hydrogens is 400 g/mol. The van der Waals surface area contributed by atoms with Crippen LogP contribution in [-0.2, 0) is 6.61 Å². The number of hydrogen-bond acceptors (Lipinski definition) is 6. The molecule has 1 aliphatic heterocycles. The Balaban J connectivity index is 1.87. The highest BCUT2D eigenvalue weighted by Crippen LogP contribution is 2.39. The second kappa shape index (κ2) is 9.34. The van der Waals surface area contributed by atoms with E-state index in [1.54, 1.807) is 7.11 Å². The number of para-hydroxylation sites is 1. The van der Waals surface area contributed by atoms with Gasteiger partial charge in [0.15, 0.2) is 5.79 Å². The number of hydrogen-bond donors (Lipinski definition) is 4. The number of methoxy groups -OCH3 is 1. The number of likely N-dealkylation sites (N-methyl/N-ethyl adjacent to an activating group) is 2. The topological polar surface area (TPSA) is 66.6 Å². The fraction of sp³-hybridized carbons (Fsp3) is 0.231. The highest BCUT2D eigenvalue weighted by Gasteiger charge is 2.32. The molecule has 0 spiro atoms. The third-order valence-corrected chi connectivity index (χ3v) is 5.84. The minimum atomic E-state index is -0.555. The summed E-state index contributed by atoms with van der Waals surface area (Å²) in [7, 11) is 7.47. The number of anilines is 1. The van der Waals surface area contributed by atoms with Gasteiger partial charge in [0, 0.05) is 29.6 Å². The maximum atomic E-state index is 6.23. The van der Waals surface area contributed by atoms with Crippen molar-refractivity contribution in [2.24, 2.45) is 0 Å². The normalized spacial score (nSPS) is 14.1. The van der Waals surface area contributed by atoms with Crippen LogP contribution in [0.4, 0.5) is 5.69 Å². The van der Waals surface area contributed by atoms with Crippen LogP contribution in [0.25, 0.3) is 16.8 Å². The minimum Gasteiger partial charge on any atom is -0.497 e. The van der Waals surface area contributed by atoms with Crippen LogP contribution >= 0.6 is 0 Å². The lowest BCUT2D eigenvalue weighted by atomic mass is 9.90. The number of rotatable bonds is 8. The molecular formula is C26H30N4O2. The van der Waals surface area contributed by atoms with Gasteiger partial charge in [0.25, 0.3) is 0 Å². The first-order chi connectivity index (χ1) is 15.6. The van der Waals surface area contributed by atoms with E-state index in [1.807, 2.05) is 63.6 Å². The largest absolute Gasteiger partial charge is 0.497 e. The maximum absolute atomic E-state index is 6.23. The van der Waals surface area contributed by atoms with Gasteiger partial charge >= 0.3 is 0 Å². The molecule has 0 aromatic heterocycles. The average Bonchev–Trinajstić information content (AvgIpc) is 2.87. The number of benzene rings is 3. The van der Waals surface area contributed by atoms with Crippen LogP contribution in [-0.4, -0.2) is 34.0 Å². The molecule has 0 aliphatic carbocycles. The smallest absolute Gasteiger partial charge is 0.165 e. The summed E-state index contributed by atoms with van der Waals surface area (Å²) in [4.78, 5) is 0. The first kappa shape index (κ1) is 21.7. The summed E-state index contributed by atoms with van der Waals surface area (Å²) in [6.07, 6.45) is 2.12. The summed E-state index contributed by atoms with van der Waals surface area (Å²) in [5.41, 5.74) is 6.38. The van der Waals surface area contributed by atoms with Gasteiger partial charge in [-0.3, -0.25) is 10.6 Å². The lowest BCUT2D eigenvalue weighted by molar-refractivity contribution is 0.306. The monoisotopic (exact) mass is 430 g/mol. The molecule has 0 unspecified atom stereocenters. The van der Waals surface area contributed by atoms with Crippen molar-refractivity contribution in [1.82, 2.24) is 16.0 Å². The summed E-state index contributed by atoms with van der Waals surface area (Å²) < 4.78 is 11.7. The van der Waals surface area contributed by atoms with E-state index in [-0.39, 0.29) is 0 Å². The SMILES string of the molecule is CNC1=CC(NC)(NC)Nc2ccc(-c3cccc(OC)c3)c(COc3ccccc3)c21. The molecule has 0 atom stereocenters. The Kier molecular flexibility index (Phi) is 6.35. The molecule has 0 amide bonds. The van der Waals surface area contributed by atoms with E-state index in [0.717, 1.165) is 45.1 Å². The Hall–Kier alpha value is -3.48. The molecule has 0 saturated carbocycles. The van der Waals surface area contributed by atoms with E-state index in [4.69, 9.17) is 9.47 Å². The van der Waals surface area contributed by atoms with E-state index in [2.05, 4.69) is 51.6 Å². The van der Waals surface area contributed by atoms with Gasteiger partial charge in [-0.2, -0.15) is 0 Å². The maximum Gasteiger partial charge on any atom is 0.165 e. The van der Waals surface area contributed by atoms with Gasteiger partial charge in [-0.25, -0.2) is 0 Å². The zero-order valence-corrected chi connectivity index (χ0v) is 19.0. The highest BCUT2D eigenvalue weighted by molar-refractivity contribution is 5.87. The molecule has 6 heteroatoms. The Bertz CT molecular complexity index is 1110. The first-order valence-electron chi connectivity index (χ1n) is 10.7.